The number of carbonyl (C=O) groups is 1. The van der Waals surface area contributed by atoms with Gasteiger partial charge < -0.3 is 34.9 Å². The van der Waals surface area contributed by atoms with Crippen molar-refractivity contribution in [2.24, 2.45) is 0 Å². The van der Waals surface area contributed by atoms with Crippen LogP contribution in [-0.4, -0.2) is 57.6 Å². The Balaban J connectivity index is 1.11. The van der Waals surface area contributed by atoms with Gasteiger partial charge in [0.25, 0.3) is 5.91 Å². The van der Waals surface area contributed by atoms with E-state index in [0.29, 0.717) is 19.4 Å². The number of morpholine rings is 1. The number of benzene rings is 3. The number of hydrogen-bond acceptors (Lipinski definition) is 7. The van der Waals surface area contributed by atoms with Crippen molar-refractivity contribution in [1.29, 1.82) is 0 Å². The van der Waals surface area contributed by atoms with Crippen LogP contribution in [0.2, 0.25) is 0 Å². The van der Waals surface area contributed by atoms with E-state index >= 15 is 0 Å². The molecule has 2 heterocycles. The summed E-state index contributed by atoms with van der Waals surface area (Å²) in [6.45, 7) is 3.97. The average Bonchev–Trinajstić information content (AvgIpc) is 3.17. The van der Waals surface area contributed by atoms with Crippen molar-refractivity contribution in [3.8, 4) is 11.5 Å². The highest BCUT2D eigenvalue weighted by molar-refractivity contribution is 6.09. The summed E-state index contributed by atoms with van der Waals surface area (Å²) in [5.41, 5.74) is 8.66. The van der Waals surface area contributed by atoms with Crippen molar-refractivity contribution in [3.05, 3.63) is 94.7 Å². The number of hydrogen-bond donors (Lipinski definition) is 3. The molecule has 0 spiro atoms. The summed E-state index contributed by atoms with van der Waals surface area (Å²) < 4.78 is 17.0. The largest absolute Gasteiger partial charge is 0.496 e. The van der Waals surface area contributed by atoms with E-state index in [0.717, 1.165) is 95.6 Å². The first-order valence-electron chi connectivity index (χ1n) is 14.6. The van der Waals surface area contributed by atoms with E-state index in [1.807, 2.05) is 36.4 Å². The summed E-state index contributed by atoms with van der Waals surface area (Å²) in [5, 5.41) is 16.0. The zero-order valence-electron chi connectivity index (χ0n) is 23.9. The first-order valence-corrected chi connectivity index (χ1v) is 14.6. The van der Waals surface area contributed by atoms with E-state index in [1.54, 1.807) is 7.11 Å². The van der Waals surface area contributed by atoms with E-state index in [1.165, 1.54) is 5.69 Å². The minimum Gasteiger partial charge on any atom is -0.496 e. The number of rotatable bonds is 9. The number of carbonyl (C=O) groups excluding carboxylic acids is 1. The Morgan fingerprint density at radius 3 is 2.55 bits per heavy atom. The van der Waals surface area contributed by atoms with Gasteiger partial charge in [-0.1, -0.05) is 18.2 Å². The Morgan fingerprint density at radius 2 is 1.76 bits per heavy atom. The van der Waals surface area contributed by atoms with Crippen molar-refractivity contribution < 1.29 is 24.1 Å². The van der Waals surface area contributed by atoms with Crippen LogP contribution in [0.1, 0.15) is 29.5 Å². The SMILES string of the molecule is COc1cc(C2=CC3=C(CC2)C(=O)Nc2cc(CCOc4ccc(N5CCOCC5)cc4)ccc2N3)ccc1CCO. The zero-order valence-corrected chi connectivity index (χ0v) is 23.9. The molecule has 8 nitrogen and oxygen atoms in total. The van der Waals surface area contributed by atoms with Gasteiger partial charge in [-0.25, -0.2) is 0 Å². The lowest BCUT2D eigenvalue weighted by molar-refractivity contribution is -0.113. The van der Waals surface area contributed by atoms with Crippen LogP contribution < -0.4 is 25.0 Å². The molecule has 218 valence electrons. The summed E-state index contributed by atoms with van der Waals surface area (Å²) in [5.74, 6) is 1.54. The van der Waals surface area contributed by atoms with Gasteiger partial charge in [-0.3, -0.25) is 4.79 Å². The highest BCUT2D eigenvalue weighted by atomic mass is 16.5. The fourth-order valence-electron chi connectivity index (χ4n) is 5.74. The van der Waals surface area contributed by atoms with Crippen molar-refractivity contribution in [3.63, 3.8) is 0 Å². The summed E-state index contributed by atoms with van der Waals surface area (Å²) in [7, 11) is 1.65. The molecular weight excluding hydrogens is 530 g/mol. The number of allylic oxidation sites excluding steroid dienone is 2. The molecule has 42 heavy (non-hydrogen) atoms. The molecule has 8 heteroatoms. The molecule has 2 aliphatic heterocycles. The van der Waals surface area contributed by atoms with Crippen LogP contribution in [0.25, 0.3) is 5.57 Å². The number of ether oxygens (including phenoxy) is 3. The molecule has 1 aliphatic carbocycles. The Kier molecular flexibility index (Phi) is 8.44. The first-order chi connectivity index (χ1) is 20.6. The van der Waals surface area contributed by atoms with Crippen molar-refractivity contribution >= 4 is 28.5 Å². The molecule has 1 saturated heterocycles. The highest BCUT2D eigenvalue weighted by Crippen LogP contribution is 2.37. The third-order valence-electron chi connectivity index (χ3n) is 8.08. The lowest BCUT2D eigenvalue weighted by Crippen LogP contribution is -2.36. The van der Waals surface area contributed by atoms with Gasteiger partial charge in [0, 0.05) is 43.1 Å². The van der Waals surface area contributed by atoms with Gasteiger partial charge in [0.05, 0.1) is 38.3 Å². The first kappa shape index (κ1) is 27.9. The molecule has 0 unspecified atom stereocenters. The molecule has 3 aromatic rings. The fraction of sp³-hybridized carbons (Fsp3) is 0.324. The van der Waals surface area contributed by atoms with E-state index < -0.39 is 0 Å². The predicted octanol–water partition coefficient (Wildman–Crippen LogP) is 5.18. The van der Waals surface area contributed by atoms with E-state index in [-0.39, 0.29) is 12.5 Å². The average molecular weight is 568 g/mol. The molecule has 6 rings (SSSR count). The van der Waals surface area contributed by atoms with Crippen molar-refractivity contribution in [2.45, 2.75) is 25.7 Å². The van der Waals surface area contributed by atoms with Crippen LogP contribution in [0.4, 0.5) is 17.1 Å². The van der Waals surface area contributed by atoms with Crippen LogP contribution in [0.15, 0.2) is 78.0 Å². The molecule has 3 aromatic carbocycles. The molecule has 3 aliphatic rings. The van der Waals surface area contributed by atoms with Crippen LogP contribution >= 0.6 is 0 Å². The highest BCUT2D eigenvalue weighted by Gasteiger charge is 2.25. The van der Waals surface area contributed by atoms with Crippen molar-refractivity contribution in [1.82, 2.24) is 0 Å². The fourth-order valence-corrected chi connectivity index (χ4v) is 5.74. The number of amides is 1. The maximum atomic E-state index is 13.2. The van der Waals surface area contributed by atoms with Crippen LogP contribution in [0.3, 0.4) is 0 Å². The van der Waals surface area contributed by atoms with Gasteiger partial charge in [-0.05, 0) is 90.1 Å². The molecule has 0 radical (unpaired) electrons. The Hall–Kier alpha value is -4.27. The van der Waals surface area contributed by atoms with E-state index in [4.69, 9.17) is 14.2 Å². The van der Waals surface area contributed by atoms with E-state index in [9.17, 15) is 9.90 Å². The number of anilines is 3. The third kappa shape index (κ3) is 6.15. The number of aliphatic hydroxyl groups excluding tert-OH is 1. The zero-order chi connectivity index (χ0) is 28.9. The summed E-state index contributed by atoms with van der Waals surface area (Å²) in [6.07, 6.45) is 4.73. The number of aliphatic hydroxyl groups is 1. The molecule has 0 atom stereocenters. The van der Waals surface area contributed by atoms with Gasteiger partial charge in [0.1, 0.15) is 11.5 Å². The lowest BCUT2D eigenvalue weighted by atomic mass is 9.90. The second-order valence-corrected chi connectivity index (χ2v) is 10.7. The van der Waals surface area contributed by atoms with Gasteiger partial charge >= 0.3 is 0 Å². The van der Waals surface area contributed by atoms with E-state index in [2.05, 4.69) is 45.9 Å². The molecule has 0 saturated carbocycles. The number of fused-ring (bicyclic) bond motifs is 1. The summed E-state index contributed by atoms with van der Waals surface area (Å²) in [6, 6.07) is 20.4. The minimum absolute atomic E-state index is 0.0730. The number of nitrogens with zero attached hydrogens (tertiary/aromatic N) is 1. The molecule has 0 bridgehead atoms. The minimum atomic E-state index is -0.0730. The van der Waals surface area contributed by atoms with Gasteiger partial charge in [-0.15, -0.1) is 0 Å². The van der Waals surface area contributed by atoms with Crippen LogP contribution in [0, 0.1) is 0 Å². The molecule has 3 N–H and O–H groups in total. The Bertz CT molecular complexity index is 1510. The lowest BCUT2D eigenvalue weighted by Gasteiger charge is -2.28. The second kappa shape index (κ2) is 12.7. The molecular formula is C34H37N3O5. The standard InChI is InChI=1S/C34H37N3O5/c1-40-33-22-26(4-3-24(33)12-16-38)25-5-10-29-31(21-25)35-30-11-2-23(20-32(30)36-34(29)39)13-17-42-28-8-6-27(7-9-28)37-14-18-41-19-15-37/h2-4,6-9,11,20-22,35,38H,5,10,12-19H2,1H3,(H,36,39). The summed E-state index contributed by atoms with van der Waals surface area (Å²) >= 11 is 0. The molecule has 1 amide bonds. The smallest absolute Gasteiger partial charge is 0.253 e. The van der Waals surface area contributed by atoms with Gasteiger partial charge in [0.15, 0.2) is 0 Å². The maximum Gasteiger partial charge on any atom is 0.253 e. The normalized spacial score (nSPS) is 16.5. The number of nitrogens with one attached hydrogen (secondary N) is 2. The van der Waals surface area contributed by atoms with Gasteiger partial charge in [-0.2, -0.15) is 0 Å². The summed E-state index contributed by atoms with van der Waals surface area (Å²) in [4.78, 5) is 15.5. The van der Waals surface area contributed by atoms with Crippen LogP contribution in [-0.2, 0) is 22.4 Å². The maximum absolute atomic E-state index is 13.2. The third-order valence-corrected chi connectivity index (χ3v) is 8.08. The quantitative estimate of drug-likeness (QED) is 0.328. The van der Waals surface area contributed by atoms with Crippen molar-refractivity contribution in [2.75, 3.05) is 62.2 Å². The second-order valence-electron chi connectivity index (χ2n) is 10.7. The molecule has 0 aromatic heterocycles. The number of methoxy groups -OCH3 is 1. The monoisotopic (exact) mass is 567 g/mol. The van der Waals surface area contributed by atoms with Gasteiger partial charge in [0.2, 0.25) is 0 Å². The molecule has 1 fully saturated rings. The Labute approximate surface area is 246 Å². The topological polar surface area (TPSA) is 92.3 Å². The van der Waals surface area contributed by atoms with Crippen LogP contribution in [0.5, 0.6) is 11.5 Å². The predicted molar refractivity (Wildman–Crippen MR) is 165 cm³/mol. The Morgan fingerprint density at radius 1 is 0.929 bits per heavy atom.